The molecule has 1 aliphatic rings. The van der Waals surface area contributed by atoms with Crippen molar-refractivity contribution in [3.63, 3.8) is 0 Å². The molecule has 5 nitrogen and oxygen atoms in total. The Bertz CT molecular complexity index is 823. The van der Waals surface area contributed by atoms with E-state index in [0.717, 1.165) is 20.5 Å². The number of urea groups is 1. The van der Waals surface area contributed by atoms with Gasteiger partial charge in [-0.2, -0.15) is 0 Å². The van der Waals surface area contributed by atoms with Gasteiger partial charge in [-0.25, -0.2) is 4.79 Å². The lowest BCUT2D eigenvalue weighted by molar-refractivity contribution is -0.122. The summed E-state index contributed by atoms with van der Waals surface area (Å²) in [6.07, 6.45) is 1.54. The second-order valence-electron chi connectivity index (χ2n) is 5.22. The summed E-state index contributed by atoms with van der Waals surface area (Å²) < 4.78 is 6.71. The predicted molar refractivity (Wildman–Crippen MR) is 90.5 cm³/mol. The fourth-order valence-corrected chi connectivity index (χ4v) is 3.08. The number of nitrogens with one attached hydrogen (secondary N) is 1. The number of hydrogen-bond donors (Lipinski definition) is 1. The molecule has 0 spiro atoms. The third-order valence-electron chi connectivity index (χ3n) is 3.58. The first-order valence-corrected chi connectivity index (χ1v) is 8.00. The van der Waals surface area contributed by atoms with E-state index in [0.29, 0.717) is 18.1 Å². The van der Waals surface area contributed by atoms with Crippen LogP contribution in [0.4, 0.5) is 4.79 Å². The fraction of sp³-hybridized carbons (Fsp3) is 0.176. The molecule has 1 aromatic heterocycles. The largest absolute Gasteiger partial charge is 0.457 e. The Morgan fingerprint density at radius 2 is 2.04 bits per heavy atom. The number of amides is 3. The molecule has 0 aliphatic carbocycles. The van der Waals surface area contributed by atoms with Crippen LogP contribution < -0.4 is 5.32 Å². The van der Waals surface area contributed by atoms with E-state index in [1.165, 1.54) is 0 Å². The fourth-order valence-electron chi connectivity index (χ4n) is 2.40. The molecule has 0 unspecified atom stereocenters. The summed E-state index contributed by atoms with van der Waals surface area (Å²) in [7, 11) is 0. The number of imide groups is 1. The van der Waals surface area contributed by atoms with Crippen LogP contribution in [-0.2, 0) is 4.79 Å². The van der Waals surface area contributed by atoms with Gasteiger partial charge in [-0.15, -0.1) is 0 Å². The van der Waals surface area contributed by atoms with Gasteiger partial charge in [0.1, 0.15) is 17.2 Å². The zero-order chi connectivity index (χ0) is 16.6. The first-order valence-electron chi connectivity index (χ1n) is 7.20. The van der Waals surface area contributed by atoms with Crippen molar-refractivity contribution in [3.8, 4) is 11.3 Å². The summed E-state index contributed by atoms with van der Waals surface area (Å²) in [4.78, 5) is 24.8. The molecule has 3 amide bonds. The predicted octanol–water partition coefficient (Wildman–Crippen LogP) is 3.93. The molecule has 0 atom stereocenters. The van der Waals surface area contributed by atoms with E-state index < -0.39 is 6.03 Å². The number of nitrogens with zero attached hydrogens (tertiary/aromatic N) is 1. The summed E-state index contributed by atoms with van der Waals surface area (Å²) in [5.41, 5.74) is 2.30. The van der Waals surface area contributed by atoms with Gasteiger partial charge in [0.2, 0.25) is 0 Å². The third-order valence-corrected chi connectivity index (χ3v) is 4.24. The normalized spacial score (nSPS) is 16.3. The molecule has 1 aromatic carbocycles. The van der Waals surface area contributed by atoms with Crippen LogP contribution in [0.25, 0.3) is 17.4 Å². The highest BCUT2D eigenvalue weighted by molar-refractivity contribution is 9.10. The highest BCUT2D eigenvalue weighted by Gasteiger charge is 2.32. The Labute approximate surface area is 142 Å². The Morgan fingerprint density at radius 1 is 1.26 bits per heavy atom. The molecular weight excluding hydrogens is 360 g/mol. The molecular formula is C17H15BrN2O3. The van der Waals surface area contributed by atoms with Crippen molar-refractivity contribution in [1.82, 2.24) is 10.2 Å². The number of carbonyl (C=O) groups excluding carboxylic acids is 2. The van der Waals surface area contributed by atoms with Gasteiger partial charge in [0, 0.05) is 22.7 Å². The van der Waals surface area contributed by atoms with Gasteiger partial charge in [-0.1, -0.05) is 22.0 Å². The van der Waals surface area contributed by atoms with Gasteiger partial charge in [-0.05, 0) is 43.7 Å². The van der Waals surface area contributed by atoms with Crippen LogP contribution in [0.2, 0.25) is 0 Å². The number of rotatable bonds is 3. The highest BCUT2D eigenvalue weighted by Crippen LogP contribution is 2.31. The quantitative estimate of drug-likeness (QED) is 0.653. The van der Waals surface area contributed by atoms with Gasteiger partial charge < -0.3 is 9.73 Å². The minimum Gasteiger partial charge on any atom is -0.457 e. The molecule has 2 heterocycles. The van der Waals surface area contributed by atoms with E-state index in [1.807, 2.05) is 31.2 Å². The second kappa shape index (κ2) is 6.04. The van der Waals surface area contributed by atoms with E-state index in [1.54, 1.807) is 19.1 Å². The van der Waals surface area contributed by atoms with Crippen LogP contribution in [0.15, 0.2) is 44.9 Å². The van der Waals surface area contributed by atoms with E-state index in [-0.39, 0.29) is 11.6 Å². The number of furan rings is 1. The van der Waals surface area contributed by atoms with Crippen molar-refractivity contribution < 1.29 is 14.0 Å². The average molecular weight is 375 g/mol. The van der Waals surface area contributed by atoms with Crippen LogP contribution in [0.5, 0.6) is 0 Å². The van der Waals surface area contributed by atoms with Crippen molar-refractivity contribution in [3.05, 3.63) is 51.8 Å². The van der Waals surface area contributed by atoms with Crippen LogP contribution >= 0.6 is 15.9 Å². The maximum absolute atomic E-state index is 12.0. The minimum absolute atomic E-state index is 0.223. The number of likely N-dealkylation sites (N-methyl/N-ethyl adjacent to an activating group) is 1. The van der Waals surface area contributed by atoms with Gasteiger partial charge in [0.25, 0.3) is 5.91 Å². The molecule has 0 saturated carbocycles. The monoisotopic (exact) mass is 374 g/mol. The molecule has 1 N–H and O–H groups in total. The molecule has 6 heteroatoms. The topological polar surface area (TPSA) is 62.6 Å². The summed E-state index contributed by atoms with van der Waals surface area (Å²) >= 11 is 3.52. The van der Waals surface area contributed by atoms with Crippen molar-refractivity contribution in [2.45, 2.75) is 13.8 Å². The lowest BCUT2D eigenvalue weighted by Gasteiger charge is -2.05. The molecule has 118 valence electrons. The zero-order valence-electron chi connectivity index (χ0n) is 12.7. The molecule has 23 heavy (non-hydrogen) atoms. The number of benzene rings is 1. The first-order chi connectivity index (χ1) is 11.0. The minimum atomic E-state index is -0.406. The third kappa shape index (κ3) is 2.94. The second-order valence-corrected chi connectivity index (χ2v) is 6.08. The maximum atomic E-state index is 12.0. The Balaban J connectivity index is 1.90. The molecule has 0 bridgehead atoms. The molecule has 1 saturated heterocycles. The maximum Gasteiger partial charge on any atom is 0.328 e. The highest BCUT2D eigenvalue weighted by atomic mass is 79.9. The standard InChI is InChI=1S/C17H15BrN2O3/c1-3-20-16(21)14(19-17(20)22)9-11-5-7-15(23-11)12-6-4-10(2)8-13(12)18/h4-9H,3H2,1-2H3,(H,19,22)/b14-9-. The number of carbonyl (C=O) groups is 2. The van der Waals surface area contributed by atoms with E-state index >= 15 is 0 Å². The molecule has 1 fully saturated rings. The van der Waals surface area contributed by atoms with Crippen LogP contribution in [0, 0.1) is 6.92 Å². The first kappa shape index (κ1) is 15.6. The summed E-state index contributed by atoms with van der Waals surface area (Å²) in [6, 6.07) is 9.17. The van der Waals surface area contributed by atoms with Crippen LogP contribution in [0.3, 0.4) is 0 Å². The molecule has 3 rings (SSSR count). The van der Waals surface area contributed by atoms with Gasteiger partial charge >= 0.3 is 6.03 Å². The van der Waals surface area contributed by atoms with Crippen LogP contribution in [-0.4, -0.2) is 23.4 Å². The molecule has 0 radical (unpaired) electrons. The number of hydrogen-bond acceptors (Lipinski definition) is 3. The Hall–Kier alpha value is -2.34. The smallest absolute Gasteiger partial charge is 0.328 e. The van der Waals surface area contributed by atoms with Crippen molar-refractivity contribution in [1.29, 1.82) is 0 Å². The van der Waals surface area contributed by atoms with E-state index in [9.17, 15) is 9.59 Å². The Morgan fingerprint density at radius 3 is 2.70 bits per heavy atom. The van der Waals surface area contributed by atoms with Crippen molar-refractivity contribution in [2.24, 2.45) is 0 Å². The van der Waals surface area contributed by atoms with Gasteiger partial charge in [-0.3, -0.25) is 9.69 Å². The molecule has 1 aliphatic heterocycles. The lowest BCUT2D eigenvalue weighted by Crippen LogP contribution is -2.30. The average Bonchev–Trinajstić information content (AvgIpc) is 3.05. The van der Waals surface area contributed by atoms with Gasteiger partial charge in [0.05, 0.1) is 0 Å². The van der Waals surface area contributed by atoms with E-state index in [4.69, 9.17) is 4.42 Å². The summed E-state index contributed by atoms with van der Waals surface area (Å²) in [5.74, 6) is 0.855. The SMILES string of the molecule is CCN1C(=O)N/C(=C\c2ccc(-c3ccc(C)cc3Br)o2)C1=O. The summed E-state index contributed by atoms with van der Waals surface area (Å²) in [6.45, 7) is 4.10. The lowest BCUT2D eigenvalue weighted by atomic mass is 10.1. The van der Waals surface area contributed by atoms with Crippen molar-refractivity contribution in [2.75, 3.05) is 6.54 Å². The number of halogens is 1. The molecule has 2 aromatic rings. The van der Waals surface area contributed by atoms with Gasteiger partial charge in [0.15, 0.2) is 0 Å². The summed E-state index contributed by atoms with van der Waals surface area (Å²) in [5, 5.41) is 2.55. The van der Waals surface area contributed by atoms with Crippen molar-refractivity contribution >= 4 is 33.9 Å². The Kier molecular flexibility index (Phi) is 4.09. The van der Waals surface area contributed by atoms with Crippen LogP contribution in [0.1, 0.15) is 18.2 Å². The zero-order valence-corrected chi connectivity index (χ0v) is 14.3. The van der Waals surface area contributed by atoms with E-state index in [2.05, 4.69) is 21.2 Å². The number of aryl methyl sites for hydroxylation is 1.